The molecule has 0 aliphatic heterocycles. The Morgan fingerprint density at radius 1 is 0.970 bits per heavy atom. The number of non-ortho nitro benzene ring substituents is 1. The van der Waals surface area contributed by atoms with Crippen LogP contribution in [0.4, 0.5) is 11.4 Å². The van der Waals surface area contributed by atoms with Crippen LogP contribution in [-0.4, -0.2) is 27.5 Å². The molecule has 0 saturated carbocycles. The summed E-state index contributed by atoms with van der Waals surface area (Å²) in [5, 5.41) is 29.2. The van der Waals surface area contributed by atoms with E-state index in [4.69, 9.17) is 15.6 Å². The van der Waals surface area contributed by atoms with Gasteiger partial charge in [-0.15, -0.1) is 0 Å². The maximum atomic E-state index is 11.4. The van der Waals surface area contributed by atoms with Crippen molar-refractivity contribution in [1.29, 1.82) is 10.8 Å². The van der Waals surface area contributed by atoms with Gasteiger partial charge in [-0.1, -0.05) is 36.4 Å². The van der Waals surface area contributed by atoms with Gasteiger partial charge in [-0.05, 0) is 54.2 Å². The Kier molecular flexibility index (Phi) is 6.61. The third-order valence-corrected chi connectivity index (χ3v) is 5.64. The molecule has 164 valence electrons. The zero-order valence-electron chi connectivity index (χ0n) is 17.3. The van der Waals surface area contributed by atoms with E-state index in [0.29, 0.717) is 27.2 Å². The van der Waals surface area contributed by atoms with Gasteiger partial charge in [0, 0.05) is 22.8 Å². The zero-order valence-corrected chi connectivity index (χ0v) is 18.2. The number of para-hydroxylation sites is 2. The predicted molar refractivity (Wildman–Crippen MR) is 131 cm³/mol. The predicted octanol–water partition coefficient (Wildman–Crippen LogP) is 5.73. The first-order valence-electron chi connectivity index (χ1n) is 9.93. The van der Waals surface area contributed by atoms with Crippen molar-refractivity contribution in [1.82, 2.24) is 4.98 Å². The molecule has 0 unspecified atom stereocenters. The molecule has 0 aliphatic carbocycles. The van der Waals surface area contributed by atoms with E-state index < -0.39 is 4.92 Å². The molecule has 0 spiro atoms. The maximum Gasteiger partial charge on any atom is 0.278 e. The van der Waals surface area contributed by atoms with Gasteiger partial charge in [-0.2, -0.15) is 0 Å². The van der Waals surface area contributed by atoms with Gasteiger partial charge in [0.1, 0.15) is 18.2 Å². The van der Waals surface area contributed by atoms with Crippen molar-refractivity contribution < 1.29 is 9.66 Å². The van der Waals surface area contributed by atoms with Crippen molar-refractivity contribution in [3.8, 4) is 5.75 Å². The van der Waals surface area contributed by atoms with Crippen molar-refractivity contribution in [3.63, 3.8) is 0 Å². The molecular formula is C24H19N5O3S. The standard InChI is InChI=1S/C24H19N5O3S/c25-22(16-32-18-10-5-2-6-11-18)28(17-8-3-1-4-9-17)24(26)33-21-14-13-20(29(30)31)19-12-7-15-27-23(19)21/h1-15,25-26H,16H2. The SMILES string of the molecule is N=C(COc1ccccc1)N(C(=N)Sc1ccc([N+](=O)[O-])c2cccnc12)c1ccccc1. The number of hydrogen-bond donors (Lipinski definition) is 2. The van der Waals surface area contributed by atoms with E-state index in [1.807, 2.05) is 36.4 Å². The van der Waals surface area contributed by atoms with Crippen molar-refractivity contribution in [2.24, 2.45) is 0 Å². The third kappa shape index (κ3) is 4.99. The van der Waals surface area contributed by atoms with E-state index in [1.54, 1.807) is 48.7 Å². The highest BCUT2D eigenvalue weighted by atomic mass is 32.2. The zero-order chi connectivity index (χ0) is 23.2. The number of nitrogens with one attached hydrogen (secondary N) is 2. The van der Waals surface area contributed by atoms with Crippen molar-refractivity contribution >= 4 is 45.0 Å². The quantitative estimate of drug-likeness (QED) is 0.125. The highest BCUT2D eigenvalue weighted by molar-refractivity contribution is 8.14. The fourth-order valence-electron chi connectivity index (χ4n) is 3.23. The van der Waals surface area contributed by atoms with Crippen LogP contribution in [0.3, 0.4) is 0 Å². The first kappa shape index (κ1) is 22.0. The monoisotopic (exact) mass is 457 g/mol. The molecule has 0 aliphatic rings. The van der Waals surface area contributed by atoms with Crippen LogP contribution in [0.5, 0.6) is 5.75 Å². The molecule has 0 atom stereocenters. The van der Waals surface area contributed by atoms with Crippen LogP contribution in [0.25, 0.3) is 10.9 Å². The second kappa shape index (κ2) is 9.92. The molecule has 3 aromatic carbocycles. The molecule has 4 rings (SSSR count). The maximum absolute atomic E-state index is 11.4. The van der Waals surface area contributed by atoms with Gasteiger partial charge >= 0.3 is 0 Å². The lowest BCUT2D eigenvalue weighted by atomic mass is 10.2. The van der Waals surface area contributed by atoms with Crippen LogP contribution in [0, 0.1) is 20.9 Å². The van der Waals surface area contributed by atoms with E-state index in [2.05, 4.69) is 4.98 Å². The number of anilines is 1. The van der Waals surface area contributed by atoms with Gasteiger partial charge < -0.3 is 4.74 Å². The van der Waals surface area contributed by atoms with Gasteiger partial charge in [-0.3, -0.25) is 30.8 Å². The Morgan fingerprint density at radius 2 is 1.67 bits per heavy atom. The molecule has 4 aromatic rings. The van der Waals surface area contributed by atoms with E-state index in [9.17, 15) is 10.1 Å². The Labute approximate surface area is 194 Å². The van der Waals surface area contributed by atoms with Crippen molar-refractivity contribution in [2.45, 2.75) is 4.90 Å². The highest BCUT2D eigenvalue weighted by Crippen LogP contribution is 2.34. The van der Waals surface area contributed by atoms with Crippen LogP contribution >= 0.6 is 11.8 Å². The topological polar surface area (TPSA) is 116 Å². The van der Waals surface area contributed by atoms with Crippen LogP contribution in [0.2, 0.25) is 0 Å². The number of benzene rings is 3. The summed E-state index contributed by atoms with van der Waals surface area (Å²) in [7, 11) is 0. The number of nitro benzene ring substituents is 1. The number of hydrogen-bond acceptors (Lipinski definition) is 7. The molecule has 8 nitrogen and oxygen atoms in total. The summed E-state index contributed by atoms with van der Waals surface area (Å²) < 4.78 is 5.72. The minimum atomic E-state index is -0.448. The number of pyridine rings is 1. The van der Waals surface area contributed by atoms with Crippen molar-refractivity contribution in [2.75, 3.05) is 11.5 Å². The Balaban J connectivity index is 1.63. The number of ether oxygens (including phenoxy) is 1. The Bertz CT molecular complexity index is 1320. The normalized spacial score (nSPS) is 10.5. The van der Waals surface area contributed by atoms with Crippen LogP contribution in [0.1, 0.15) is 0 Å². The lowest BCUT2D eigenvalue weighted by molar-refractivity contribution is -0.383. The Morgan fingerprint density at radius 3 is 2.36 bits per heavy atom. The van der Waals surface area contributed by atoms with Gasteiger partial charge in [0.25, 0.3) is 5.69 Å². The molecule has 33 heavy (non-hydrogen) atoms. The summed E-state index contributed by atoms with van der Waals surface area (Å²) in [6, 6.07) is 24.6. The van der Waals surface area contributed by atoms with E-state index in [1.165, 1.54) is 11.0 Å². The van der Waals surface area contributed by atoms with E-state index >= 15 is 0 Å². The molecule has 0 radical (unpaired) electrons. The Hall–Kier alpha value is -4.24. The summed E-state index contributed by atoms with van der Waals surface area (Å²) in [5.74, 6) is 0.696. The number of fused-ring (bicyclic) bond motifs is 1. The summed E-state index contributed by atoms with van der Waals surface area (Å²) in [6.45, 7) is -0.0406. The van der Waals surface area contributed by atoms with E-state index in [0.717, 1.165) is 11.8 Å². The molecule has 9 heteroatoms. The molecule has 2 N–H and O–H groups in total. The molecule has 0 fully saturated rings. The average molecular weight is 458 g/mol. The summed E-state index contributed by atoms with van der Waals surface area (Å²) in [6.07, 6.45) is 1.56. The largest absolute Gasteiger partial charge is 0.486 e. The first-order valence-corrected chi connectivity index (χ1v) is 10.7. The average Bonchev–Trinajstić information content (AvgIpc) is 2.84. The molecular weight excluding hydrogens is 438 g/mol. The van der Waals surface area contributed by atoms with Crippen LogP contribution in [0.15, 0.2) is 96.0 Å². The second-order valence-electron chi connectivity index (χ2n) is 6.87. The summed E-state index contributed by atoms with van der Waals surface area (Å²) in [4.78, 5) is 17.3. The number of aromatic nitrogens is 1. The minimum absolute atomic E-state index is 0.0406. The number of nitro groups is 1. The lowest BCUT2D eigenvalue weighted by Crippen LogP contribution is -2.37. The smallest absolute Gasteiger partial charge is 0.278 e. The van der Waals surface area contributed by atoms with Gasteiger partial charge in [-0.25, -0.2) is 0 Å². The number of nitrogens with zero attached hydrogens (tertiary/aromatic N) is 3. The summed E-state index contributed by atoms with van der Waals surface area (Å²) >= 11 is 1.07. The second-order valence-corrected chi connectivity index (χ2v) is 7.90. The van der Waals surface area contributed by atoms with Gasteiger partial charge in [0.05, 0.1) is 15.8 Å². The highest BCUT2D eigenvalue weighted by Gasteiger charge is 2.22. The van der Waals surface area contributed by atoms with Crippen molar-refractivity contribution in [3.05, 3.63) is 101 Å². The van der Waals surface area contributed by atoms with E-state index in [-0.39, 0.29) is 23.3 Å². The molecule has 0 amide bonds. The lowest BCUT2D eigenvalue weighted by Gasteiger charge is -2.25. The summed E-state index contributed by atoms with van der Waals surface area (Å²) in [5.41, 5.74) is 1.02. The molecule has 1 heterocycles. The molecule has 1 aromatic heterocycles. The van der Waals surface area contributed by atoms with Gasteiger partial charge in [0.2, 0.25) is 0 Å². The minimum Gasteiger partial charge on any atom is -0.486 e. The van der Waals surface area contributed by atoms with Crippen LogP contribution < -0.4 is 9.64 Å². The number of thioether (sulfide) groups is 1. The molecule has 0 bridgehead atoms. The fraction of sp³-hybridized carbons (Fsp3) is 0.0417. The first-order chi connectivity index (χ1) is 16.0. The van der Waals surface area contributed by atoms with Gasteiger partial charge in [0.15, 0.2) is 5.17 Å². The number of amidine groups is 2. The molecule has 0 saturated heterocycles. The third-order valence-electron chi connectivity index (χ3n) is 4.72. The fourth-order valence-corrected chi connectivity index (χ4v) is 4.14. The number of rotatable bonds is 6. The van der Waals surface area contributed by atoms with Crippen LogP contribution in [-0.2, 0) is 0 Å².